The van der Waals surface area contributed by atoms with Gasteiger partial charge in [0.15, 0.2) is 0 Å². The van der Waals surface area contributed by atoms with Crippen molar-refractivity contribution in [3.8, 4) is 11.1 Å². The van der Waals surface area contributed by atoms with Crippen LogP contribution in [0.4, 0.5) is 4.79 Å². The third kappa shape index (κ3) is 5.37. The van der Waals surface area contributed by atoms with Gasteiger partial charge in [0, 0.05) is 6.54 Å². The molecule has 0 spiro atoms. The van der Waals surface area contributed by atoms with Crippen LogP contribution in [0.15, 0.2) is 48.5 Å². The first-order valence-corrected chi connectivity index (χ1v) is 10.2. The summed E-state index contributed by atoms with van der Waals surface area (Å²) in [5.74, 6) is -0.934. The zero-order chi connectivity index (χ0) is 21.0. The number of benzene rings is 2. The summed E-state index contributed by atoms with van der Waals surface area (Å²) >= 11 is 0. The second kappa shape index (κ2) is 8.68. The summed E-state index contributed by atoms with van der Waals surface area (Å²) in [4.78, 5) is 25.8. The number of hydrogen-bond donors (Lipinski definition) is 1. The molecule has 2 aromatic carbocycles. The van der Waals surface area contributed by atoms with Crippen molar-refractivity contribution in [2.75, 3.05) is 6.54 Å². The molecular weight excluding hydrogens is 366 g/mol. The second-order valence-electron chi connectivity index (χ2n) is 8.55. The maximum absolute atomic E-state index is 12.9. The average molecular weight is 395 g/mol. The monoisotopic (exact) mass is 395 g/mol. The van der Waals surface area contributed by atoms with Gasteiger partial charge >= 0.3 is 12.1 Å². The maximum Gasteiger partial charge on any atom is 0.410 e. The summed E-state index contributed by atoms with van der Waals surface area (Å²) in [5.41, 5.74) is 2.78. The molecular formula is C24H29NO4. The molecule has 0 aliphatic carbocycles. The molecule has 5 heteroatoms. The Hall–Kier alpha value is -2.82. The van der Waals surface area contributed by atoms with Crippen LogP contribution in [0.25, 0.3) is 11.1 Å². The van der Waals surface area contributed by atoms with Crippen LogP contribution in [0, 0.1) is 0 Å². The fourth-order valence-electron chi connectivity index (χ4n) is 3.72. The van der Waals surface area contributed by atoms with Gasteiger partial charge in [-0.05, 0) is 68.5 Å². The van der Waals surface area contributed by atoms with Gasteiger partial charge in [0.2, 0.25) is 0 Å². The zero-order valence-electron chi connectivity index (χ0n) is 17.4. The number of ether oxygens (including phenoxy) is 1. The lowest BCUT2D eigenvalue weighted by atomic mass is 9.96. The summed E-state index contributed by atoms with van der Waals surface area (Å²) in [7, 11) is 0. The molecule has 1 amide bonds. The highest BCUT2D eigenvalue weighted by molar-refractivity contribution is 5.88. The van der Waals surface area contributed by atoms with Crippen molar-refractivity contribution in [2.24, 2.45) is 0 Å². The fraction of sp³-hybridized carbons (Fsp3) is 0.417. The number of carbonyl (C=O) groups is 2. The topological polar surface area (TPSA) is 66.8 Å². The van der Waals surface area contributed by atoms with Crippen molar-refractivity contribution in [3.05, 3.63) is 59.7 Å². The summed E-state index contributed by atoms with van der Waals surface area (Å²) in [6.45, 7) is 6.36. The summed E-state index contributed by atoms with van der Waals surface area (Å²) in [6, 6.07) is 15.0. The van der Waals surface area contributed by atoms with Gasteiger partial charge in [-0.2, -0.15) is 0 Å². The molecule has 0 unspecified atom stereocenters. The number of likely N-dealkylation sites (tertiary alicyclic amines) is 1. The second-order valence-corrected chi connectivity index (χ2v) is 8.55. The molecule has 5 nitrogen and oxygen atoms in total. The molecule has 1 fully saturated rings. The van der Waals surface area contributed by atoms with Crippen LogP contribution in [-0.2, 0) is 4.74 Å². The van der Waals surface area contributed by atoms with Crippen LogP contribution in [-0.4, -0.2) is 34.2 Å². The lowest BCUT2D eigenvalue weighted by Crippen LogP contribution is -2.39. The van der Waals surface area contributed by atoms with Crippen LogP contribution in [0.1, 0.15) is 68.4 Å². The minimum absolute atomic E-state index is 0.0226. The Morgan fingerprint density at radius 3 is 2.38 bits per heavy atom. The lowest BCUT2D eigenvalue weighted by molar-refractivity contribution is 0.0163. The standard InChI is InChI=1S/C24H29NO4/c1-24(2,3)29-23(28)25-15-6-4-5-10-21(25)20-9-7-8-19(16-20)17-11-13-18(14-12-17)22(26)27/h7-9,11-14,16,21H,4-6,10,15H2,1-3H3,(H,26,27)/t21-/m1/s1. The Kier molecular flexibility index (Phi) is 6.26. The molecule has 1 saturated heterocycles. The van der Waals surface area contributed by atoms with Crippen LogP contribution in [0.3, 0.4) is 0 Å². The minimum Gasteiger partial charge on any atom is -0.478 e. The highest BCUT2D eigenvalue weighted by atomic mass is 16.6. The van der Waals surface area contributed by atoms with E-state index in [2.05, 4.69) is 12.1 Å². The van der Waals surface area contributed by atoms with Gasteiger partial charge in [0.1, 0.15) is 5.60 Å². The molecule has 1 atom stereocenters. The van der Waals surface area contributed by atoms with E-state index in [0.29, 0.717) is 6.54 Å². The number of carbonyl (C=O) groups excluding carboxylic acids is 1. The molecule has 1 heterocycles. The van der Waals surface area contributed by atoms with Gasteiger partial charge in [0.05, 0.1) is 11.6 Å². The Bertz CT molecular complexity index is 867. The number of nitrogens with zero attached hydrogens (tertiary/aromatic N) is 1. The summed E-state index contributed by atoms with van der Waals surface area (Å²) < 4.78 is 5.67. The van der Waals surface area contributed by atoms with Crippen LogP contribution < -0.4 is 0 Å². The maximum atomic E-state index is 12.9. The molecule has 0 saturated carbocycles. The Morgan fingerprint density at radius 1 is 1.00 bits per heavy atom. The molecule has 1 aliphatic rings. The van der Waals surface area contributed by atoms with E-state index in [9.17, 15) is 9.59 Å². The summed E-state index contributed by atoms with van der Waals surface area (Å²) in [6.07, 6.45) is 3.79. The zero-order valence-corrected chi connectivity index (χ0v) is 17.4. The van der Waals surface area contributed by atoms with E-state index in [1.165, 1.54) is 0 Å². The van der Waals surface area contributed by atoms with Crippen LogP contribution in [0.5, 0.6) is 0 Å². The molecule has 154 valence electrons. The number of carboxylic acids is 1. The number of hydrogen-bond acceptors (Lipinski definition) is 3. The normalized spacial score (nSPS) is 17.5. The van der Waals surface area contributed by atoms with Crippen LogP contribution >= 0.6 is 0 Å². The molecule has 0 bridgehead atoms. The van der Waals surface area contributed by atoms with E-state index in [1.54, 1.807) is 12.1 Å². The summed E-state index contributed by atoms with van der Waals surface area (Å²) in [5, 5.41) is 9.10. The predicted molar refractivity (Wildman–Crippen MR) is 113 cm³/mol. The molecule has 3 rings (SSSR count). The van der Waals surface area contributed by atoms with Crippen molar-refractivity contribution in [2.45, 2.75) is 58.1 Å². The van der Waals surface area contributed by atoms with Gasteiger partial charge in [-0.1, -0.05) is 43.2 Å². The molecule has 29 heavy (non-hydrogen) atoms. The SMILES string of the molecule is CC(C)(C)OC(=O)N1CCCCC[C@@H]1c1cccc(-c2ccc(C(=O)O)cc2)c1. The number of carboxylic acid groups (broad SMARTS) is 1. The lowest BCUT2D eigenvalue weighted by Gasteiger charge is -2.32. The number of amides is 1. The molecule has 0 radical (unpaired) electrons. The van der Waals surface area contributed by atoms with E-state index in [1.807, 2.05) is 49.9 Å². The Morgan fingerprint density at radius 2 is 1.72 bits per heavy atom. The molecule has 1 N–H and O–H groups in total. The third-order valence-electron chi connectivity index (χ3n) is 5.12. The highest BCUT2D eigenvalue weighted by Gasteiger charge is 2.30. The number of aromatic carboxylic acids is 1. The average Bonchev–Trinajstić information content (AvgIpc) is 2.93. The fourth-order valence-corrected chi connectivity index (χ4v) is 3.72. The quantitative estimate of drug-likeness (QED) is 0.702. The first kappa shape index (κ1) is 20.9. The van der Waals surface area contributed by atoms with Crippen LogP contribution in [0.2, 0.25) is 0 Å². The van der Waals surface area contributed by atoms with Crippen molar-refractivity contribution in [1.82, 2.24) is 4.90 Å². The van der Waals surface area contributed by atoms with Gasteiger partial charge in [-0.3, -0.25) is 0 Å². The van der Waals surface area contributed by atoms with Crippen molar-refractivity contribution < 1.29 is 19.4 Å². The number of rotatable bonds is 3. The Balaban J connectivity index is 1.89. The third-order valence-corrected chi connectivity index (χ3v) is 5.12. The minimum atomic E-state index is -0.934. The van der Waals surface area contributed by atoms with E-state index < -0.39 is 11.6 Å². The van der Waals surface area contributed by atoms with Crippen molar-refractivity contribution in [3.63, 3.8) is 0 Å². The highest BCUT2D eigenvalue weighted by Crippen LogP contribution is 2.33. The Labute approximate surface area is 172 Å². The smallest absolute Gasteiger partial charge is 0.410 e. The van der Waals surface area contributed by atoms with E-state index in [0.717, 1.165) is 42.4 Å². The first-order valence-electron chi connectivity index (χ1n) is 10.2. The van der Waals surface area contributed by atoms with Gasteiger partial charge in [0.25, 0.3) is 0 Å². The van der Waals surface area contributed by atoms with Crippen molar-refractivity contribution >= 4 is 12.1 Å². The molecule has 1 aliphatic heterocycles. The van der Waals surface area contributed by atoms with Gasteiger partial charge in [-0.15, -0.1) is 0 Å². The first-order chi connectivity index (χ1) is 13.7. The van der Waals surface area contributed by atoms with Gasteiger partial charge < -0.3 is 14.7 Å². The largest absolute Gasteiger partial charge is 0.478 e. The van der Waals surface area contributed by atoms with E-state index >= 15 is 0 Å². The molecule has 2 aromatic rings. The predicted octanol–water partition coefficient (Wildman–Crippen LogP) is 5.90. The van der Waals surface area contributed by atoms with Crippen molar-refractivity contribution in [1.29, 1.82) is 0 Å². The van der Waals surface area contributed by atoms with E-state index in [-0.39, 0.29) is 17.7 Å². The van der Waals surface area contributed by atoms with Gasteiger partial charge in [-0.25, -0.2) is 9.59 Å². The van der Waals surface area contributed by atoms with E-state index in [4.69, 9.17) is 9.84 Å². The molecule has 0 aromatic heterocycles.